The SMILES string of the molecule is C=CCc1ccc(O)c(-c2cc(CC=C)ccc2OCC[P+](c2ccc(C)cc2)(c2ccc(C(F)(F)F)cc2)c2ccc(C(F)(F)F)cc2)c1. The second-order valence-electron chi connectivity index (χ2n) is 12.0. The highest BCUT2D eigenvalue weighted by molar-refractivity contribution is 7.95. The van der Waals surface area contributed by atoms with Crippen molar-refractivity contribution in [1.82, 2.24) is 0 Å². The zero-order valence-corrected chi connectivity index (χ0v) is 28.3. The summed E-state index contributed by atoms with van der Waals surface area (Å²) in [5.41, 5.74) is 2.36. The van der Waals surface area contributed by atoms with Gasteiger partial charge in [-0.3, -0.25) is 0 Å². The van der Waals surface area contributed by atoms with Crippen molar-refractivity contribution in [2.45, 2.75) is 32.1 Å². The van der Waals surface area contributed by atoms with Crippen molar-refractivity contribution < 1.29 is 36.2 Å². The van der Waals surface area contributed by atoms with Crippen LogP contribution in [0.1, 0.15) is 27.8 Å². The van der Waals surface area contributed by atoms with Gasteiger partial charge in [0.05, 0.1) is 11.1 Å². The number of hydrogen-bond acceptors (Lipinski definition) is 2. The summed E-state index contributed by atoms with van der Waals surface area (Å²) >= 11 is 0. The van der Waals surface area contributed by atoms with Gasteiger partial charge in [-0.25, -0.2) is 0 Å². The second kappa shape index (κ2) is 15.0. The molecule has 0 amide bonds. The van der Waals surface area contributed by atoms with Crippen molar-refractivity contribution in [3.63, 3.8) is 0 Å². The topological polar surface area (TPSA) is 29.5 Å². The normalized spacial score (nSPS) is 12.1. The van der Waals surface area contributed by atoms with E-state index in [1.807, 2.05) is 55.5 Å². The third-order valence-corrected chi connectivity index (χ3v) is 13.0. The van der Waals surface area contributed by atoms with E-state index in [9.17, 15) is 31.4 Å². The van der Waals surface area contributed by atoms with Crippen LogP contribution in [0.5, 0.6) is 11.5 Å². The maximum absolute atomic E-state index is 13.7. The number of phenolic OH excluding ortho intramolecular Hbond substituents is 1. The molecule has 0 heterocycles. The number of phenols is 1. The number of rotatable bonds is 12. The Morgan fingerprint density at radius 2 is 1.06 bits per heavy atom. The highest BCUT2D eigenvalue weighted by Crippen LogP contribution is 2.56. The molecule has 258 valence electrons. The molecule has 0 radical (unpaired) electrons. The van der Waals surface area contributed by atoms with Crippen LogP contribution >= 0.6 is 7.26 Å². The number of aryl methyl sites for hydroxylation is 1. The molecule has 0 aliphatic carbocycles. The van der Waals surface area contributed by atoms with E-state index in [-0.39, 0.29) is 18.5 Å². The number of allylic oxidation sites excluding steroid dienone is 2. The van der Waals surface area contributed by atoms with Crippen LogP contribution in [0.2, 0.25) is 0 Å². The van der Waals surface area contributed by atoms with Gasteiger partial charge in [0.25, 0.3) is 0 Å². The van der Waals surface area contributed by atoms with Gasteiger partial charge >= 0.3 is 12.4 Å². The number of alkyl halides is 6. The van der Waals surface area contributed by atoms with Gasteiger partial charge in [0.2, 0.25) is 0 Å². The van der Waals surface area contributed by atoms with E-state index in [0.29, 0.717) is 40.3 Å². The molecule has 0 unspecified atom stereocenters. The fourth-order valence-corrected chi connectivity index (χ4v) is 10.0. The van der Waals surface area contributed by atoms with Crippen molar-refractivity contribution >= 4 is 23.2 Å². The fraction of sp³-hybridized carbons (Fsp3) is 0.171. The molecule has 5 rings (SSSR count). The summed E-state index contributed by atoms with van der Waals surface area (Å²) in [6, 6.07) is 28.2. The summed E-state index contributed by atoms with van der Waals surface area (Å²) in [6.45, 7) is 9.60. The molecule has 9 heteroatoms. The molecular weight excluding hydrogens is 669 g/mol. The Morgan fingerprint density at radius 1 is 0.620 bits per heavy atom. The molecule has 0 bridgehead atoms. The first-order valence-corrected chi connectivity index (χ1v) is 17.8. The van der Waals surface area contributed by atoms with E-state index < -0.39 is 30.7 Å². The quantitative estimate of drug-likeness (QED) is 0.0796. The van der Waals surface area contributed by atoms with Crippen LogP contribution < -0.4 is 20.7 Å². The Labute approximate surface area is 288 Å². The van der Waals surface area contributed by atoms with E-state index >= 15 is 0 Å². The smallest absolute Gasteiger partial charge is 0.416 e. The summed E-state index contributed by atoms with van der Waals surface area (Å²) in [4.78, 5) is 0. The molecular formula is C41H36F6O2P+. The van der Waals surface area contributed by atoms with Crippen molar-refractivity contribution in [2.24, 2.45) is 0 Å². The monoisotopic (exact) mass is 705 g/mol. The van der Waals surface area contributed by atoms with Crippen LogP contribution in [-0.2, 0) is 25.2 Å². The summed E-state index contributed by atoms with van der Waals surface area (Å²) in [6.07, 6.45) is -4.19. The van der Waals surface area contributed by atoms with Crippen LogP contribution in [0.4, 0.5) is 26.3 Å². The number of aromatic hydroxyl groups is 1. The van der Waals surface area contributed by atoms with Gasteiger partial charge in [0.1, 0.15) is 47.4 Å². The molecule has 0 aliphatic rings. The molecule has 0 saturated carbocycles. The first kappa shape index (κ1) is 36.5. The van der Waals surface area contributed by atoms with Gasteiger partial charge in [-0.05, 0) is 116 Å². The summed E-state index contributed by atoms with van der Waals surface area (Å²) < 4.78 is 88.4. The lowest BCUT2D eigenvalue weighted by Crippen LogP contribution is -2.35. The van der Waals surface area contributed by atoms with E-state index in [4.69, 9.17) is 4.74 Å². The van der Waals surface area contributed by atoms with Gasteiger partial charge in [0, 0.05) is 11.1 Å². The molecule has 0 spiro atoms. The molecule has 0 fully saturated rings. The zero-order valence-electron chi connectivity index (χ0n) is 27.4. The van der Waals surface area contributed by atoms with Crippen LogP contribution in [0.15, 0.2) is 135 Å². The van der Waals surface area contributed by atoms with Crippen molar-refractivity contribution in [3.05, 3.63) is 162 Å². The first-order chi connectivity index (χ1) is 23.8. The minimum absolute atomic E-state index is 0.0504. The predicted molar refractivity (Wildman–Crippen MR) is 192 cm³/mol. The van der Waals surface area contributed by atoms with E-state index in [1.54, 1.807) is 24.3 Å². The van der Waals surface area contributed by atoms with Gasteiger partial charge in [-0.2, -0.15) is 26.3 Å². The lowest BCUT2D eigenvalue weighted by atomic mass is 9.97. The standard InChI is InChI=1S/C41H35F6O2P/c1-4-6-29-10-22-38(48)36(26-29)37-27-30(7-5-2)11-23-39(37)49-24-25-50(33-16-8-28(3)9-17-33,34-18-12-31(13-19-34)40(42,43)44)35-20-14-32(15-21-35)41(45,46)47/h4-5,8-23,26-27H,1-2,6-7,24-25H2,3H3/p+1. The molecule has 0 saturated heterocycles. The van der Waals surface area contributed by atoms with Crippen molar-refractivity contribution in [1.29, 1.82) is 0 Å². The summed E-state index contributed by atoms with van der Waals surface area (Å²) in [5.74, 6) is 0.514. The number of ether oxygens (including phenoxy) is 1. The number of benzene rings is 5. The van der Waals surface area contributed by atoms with Gasteiger partial charge < -0.3 is 9.84 Å². The fourth-order valence-electron chi connectivity index (χ4n) is 6.04. The molecule has 0 atom stereocenters. The Morgan fingerprint density at radius 3 is 1.52 bits per heavy atom. The molecule has 2 nitrogen and oxygen atoms in total. The maximum Gasteiger partial charge on any atom is 0.416 e. The lowest BCUT2D eigenvalue weighted by Gasteiger charge is -2.28. The largest absolute Gasteiger partial charge is 0.507 e. The molecule has 0 aromatic heterocycles. The first-order valence-electron chi connectivity index (χ1n) is 15.9. The number of halogens is 6. The minimum Gasteiger partial charge on any atom is -0.507 e. The molecule has 1 N–H and O–H groups in total. The minimum atomic E-state index is -4.57. The highest BCUT2D eigenvalue weighted by atomic mass is 31.2. The van der Waals surface area contributed by atoms with Crippen LogP contribution in [0, 0.1) is 6.92 Å². The van der Waals surface area contributed by atoms with Gasteiger partial charge in [-0.1, -0.05) is 42.0 Å². The highest BCUT2D eigenvalue weighted by Gasteiger charge is 2.46. The lowest BCUT2D eigenvalue weighted by molar-refractivity contribution is -0.138. The third-order valence-electron chi connectivity index (χ3n) is 8.59. The van der Waals surface area contributed by atoms with Crippen LogP contribution in [0.25, 0.3) is 11.1 Å². The summed E-state index contributed by atoms with van der Waals surface area (Å²) in [5, 5.41) is 12.8. The van der Waals surface area contributed by atoms with Gasteiger partial charge in [-0.15, -0.1) is 13.2 Å². The van der Waals surface area contributed by atoms with Crippen LogP contribution in [0.3, 0.4) is 0 Å². The molecule has 50 heavy (non-hydrogen) atoms. The zero-order chi connectivity index (χ0) is 36.1. The van der Waals surface area contributed by atoms with E-state index in [2.05, 4.69) is 13.2 Å². The molecule has 0 aliphatic heterocycles. The predicted octanol–water partition coefficient (Wildman–Crippen LogP) is 10.2. The van der Waals surface area contributed by atoms with Crippen LogP contribution in [-0.4, -0.2) is 17.9 Å². The van der Waals surface area contributed by atoms with E-state index in [1.165, 1.54) is 24.3 Å². The third kappa shape index (κ3) is 7.97. The Bertz CT molecular complexity index is 1890. The molecule has 5 aromatic carbocycles. The van der Waals surface area contributed by atoms with Crippen molar-refractivity contribution in [2.75, 3.05) is 12.8 Å². The second-order valence-corrected chi connectivity index (χ2v) is 15.6. The van der Waals surface area contributed by atoms with Gasteiger partial charge in [0.15, 0.2) is 0 Å². The Hall–Kier alpha value is -4.81. The number of hydrogen-bond donors (Lipinski definition) is 1. The Kier molecular flexibility index (Phi) is 10.9. The average molecular weight is 706 g/mol. The maximum atomic E-state index is 13.7. The molecule has 5 aromatic rings. The van der Waals surface area contributed by atoms with E-state index in [0.717, 1.165) is 46.3 Å². The van der Waals surface area contributed by atoms with Crippen molar-refractivity contribution in [3.8, 4) is 22.6 Å². The average Bonchev–Trinajstić information content (AvgIpc) is 3.08. The Balaban J connectivity index is 1.64. The summed E-state index contributed by atoms with van der Waals surface area (Å²) in [7, 11) is -2.92.